The summed E-state index contributed by atoms with van der Waals surface area (Å²) >= 11 is 0. The zero-order valence-corrected chi connectivity index (χ0v) is 41.7. The Morgan fingerprint density at radius 1 is 0.639 bits per heavy atom. The van der Waals surface area contributed by atoms with Crippen LogP contribution in [-0.2, 0) is 41.0 Å². The van der Waals surface area contributed by atoms with Crippen molar-refractivity contribution in [1.82, 2.24) is 9.55 Å². The van der Waals surface area contributed by atoms with Crippen LogP contribution in [0.25, 0.3) is 33.9 Å². The van der Waals surface area contributed by atoms with E-state index < -0.39 is 5.79 Å². The van der Waals surface area contributed by atoms with Gasteiger partial charge in [0.15, 0.2) is 5.78 Å². The number of nitrogens with zero attached hydrogens (tertiary/aromatic N) is 4. The predicted octanol–water partition coefficient (Wildman–Crippen LogP) is 14.0. The Morgan fingerprint density at radius 3 is 1.92 bits per heavy atom. The molecule has 0 saturated carbocycles. The third kappa shape index (κ3) is 9.42. The Bertz CT molecular complexity index is 3270. The van der Waals surface area contributed by atoms with E-state index in [0.29, 0.717) is 24.9 Å². The lowest BCUT2D eigenvalue weighted by Crippen LogP contribution is -2.33. The van der Waals surface area contributed by atoms with Crippen molar-refractivity contribution in [2.75, 3.05) is 19.8 Å². The van der Waals surface area contributed by atoms with Crippen molar-refractivity contribution in [1.29, 1.82) is 0 Å². The zero-order chi connectivity index (χ0) is 49.0. The maximum atomic E-state index is 13.2. The fourth-order valence-electron chi connectivity index (χ4n) is 11.0. The van der Waals surface area contributed by atoms with E-state index in [1.54, 1.807) is 0 Å². The predicted molar refractivity (Wildman–Crippen MR) is 291 cm³/mol. The van der Waals surface area contributed by atoms with E-state index in [4.69, 9.17) is 24.4 Å². The minimum absolute atomic E-state index is 0.0756. The molecule has 72 heavy (non-hydrogen) atoms. The lowest BCUT2D eigenvalue weighted by molar-refractivity contribution is -0.127. The SMILES string of the molecule is CCC(CC(C)C(=O)COCCOc1ccc(C2=NC3(N=C2c2ccc(C)cc2)c2cc4ccc2CCCc2ccc(cc2-c2nc(-c5ccccc5)c(-c5ccccc5)n23)CCC4)cc1)c1ccccc1. The molecule has 0 fully saturated rings. The molecular formula is C65H62N4O3. The van der Waals surface area contributed by atoms with E-state index in [9.17, 15) is 4.79 Å². The van der Waals surface area contributed by atoms with Crippen molar-refractivity contribution >= 4 is 17.2 Å². The Morgan fingerprint density at radius 2 is 1.24 bits per heavy atom. The third-order valence-corrected chi connectivity index (χ3v) is 15.0. The molecule has 0 radical (unpaired) electrons. The normalized spacial score (nSPS) is 16.7. The van der Waals surface area contributed by atoms with E-state index >= 15 is 0 Å². The number of carbonyl (C=O) groups is 1. The molecule has 11 rings (SSSR count). The number of hydrogen-bond acceptors (Lipinski definition) is 6. The van der Waals surface area contributed by atoms with Gasteiger partial charge in [0.05, 0.1) is 29.4 Å². The number of aryl methyl sites for hydroxylation is 5. The lowest BCUT2D eigenvalue weighted by atomic mass is 9.86. The van der Waals surface area contributed by atoms with Crippen LogP contribution in [0.5, 0.6) is 5.75 Å². The van der Waals surface area contributed by atoms with Crippen LogP contribution in [0.15, 0.2) is 186 Å². The number of fused-ring (bicyclic) bond motifs is 2. The van der Waals surface area contributed by atoms with E-state index in [1.807, 2.05) is 25.1 Å². The maximum absolute atomic E-state index is 13.2. The van der Waals surface area contributed by atoms with Gasteiger partial charge in [-0.3, -0.25) is 9.36 Å². The number of carbonyl (C=O) groups excluding carboxylic acids is 1. The first-order valence-electron chi connectivity index (χ1n) is 26.0. The van der Waals surface area contributed by atoms with Crippen LogP contribution in [-0.4, -0.2) is 46.6 Å². The molecule has 3 unspecified atom stereocenters. The summed E-state index contributed by atoms with van der Waals surface area (Å²) < 4.78 is 14.6. The topological polar surface area (TPSA) is 78.1 Å². The van der Waals surface area contributed by atoms with E-state index in [-0.39, 0.29) is 18.3 Å². The van der Waals surface area contributed by atoms with Gasteiger partial charge >= 0.3 is 0 Å². The molecule has 3 aliphatic heterocycles. The molecule has 4 bridgehead atoms. The molecule has 1 spiro atoms. The molecule has 360 valence electrons. The fraction of sp³-hybridized carbons (Fsp3) is 0.262. The number of benzene rings is 7. The lowest BCUT2D eigenvalue weighted by Gasteiger charge is -2.33. The minimum atomic E-state index is -1.29. The van der Waals surface area contributed by atoms with E-state index in [0.717, 1.165) is 113 Å². The van der Waals surface area contributed by atoms with Gasteiger partial charge in [-0.1, -0.05) is 159 Å². The number of aliphatic imine (C=N–C) groups is 2. The molecule has 7 nitrogen and oxygen atoms in total. The first-order valence-corrected chi connectivity index (χ1v) is 26.0. The number of rotatable bonds is 15. The monoisotopic (exact) mass is 946 g/mol. The summed E-state index contributed by atoms with van der Waals surface area (Å²) in [5.74, 6) is 0.664. The molecule has 0 aliphatic carbocycles. The Kier molecular flexibility index (Phi) is 13.5. The summed E-state index contributed by atoms with van der Waals surface area (Å²) in [6.07, 6.45) is 7.54. The van der Waals surface area contributed by atoms with Gasteiger partial charge < -0.3 is 9.47 Å². The van der Waals surface area contributed by atoms with Gasteiger partial charge in [-0.05, 0) is 128 Å². The molecule has 1 aromatic heterocycles. The summed E-state index contributed by atoms with van der Waals surface area (Å²) in [5.41, 5.74) is 17.3. The van der Waals surface area contributed by atoms with E-state index in [2.05, 4.69) is 176 Å². The first kappa shape index (κ1) is 46.9. The summed E-state index contributed by atoms with van der Waals surface area (Å²) in [4.78, 5) is 31.1. The van der Waals surface area contributed by atoms with Crippen LogP contribution in [0.1, 0.15) is 95.5 Å². The Balaban J connectivity index is 1.01. The highest BCUT2D eigenvalue weighted by molar-refractivity contribution is 6.54. The second-order valence-electron chi connectivity index (χ2n) is 19.9. The number of ketones is 1. The van der Waals surface area contributed by atoms with Crippen LogP contribution >= 0.6 is 0 Å². The molecule has 3 aliphatic rings. The first-order chi connectivity index (χ1) is 35.3. The molecule has 0 N–H and O–H groups in total. The van der Waals surface area contributed by atoms with Crippen molar-refractivity contribution in [2.24, 2.45) is 15.9 Å². The summed E-state index contributed by atoms with van der Waals surface area (Å²) in [6.45, 7) is 7.03. The van der Waals surface area contributed by atoms with E-state index in [1.165, 1.54) is 33.4 Å². The van der Waals surface area contributed by atoms with Gasteiger partial charge in [0.1, 0.15) is 24.8 Å². The Labute approximate surface area is 424 Å². The second kappa shape index (κ2) is 20.7. The van der Waals surface area contributed by atoms with Crippen molar-refractivity contribution in [3.8, 4) is 39.7 Å². The summed E-state index contributed by atoms with van der Waals surface area (Å²) in [7, 11) is 0. The van der Waals surface area contributed by atoms with Gasteiger partial charge in [-0.15, -0.1) is 0 Å². The quantitative estimate of drug-likeness (QED) is 0.0959. The summed E-state index contributed by atoms with van der Waals surface area (Å²) in [5, 5.41) is 0. The molecule has 4 heterocycles. The van der Waals surface area contributed by atoms with Crippen LogP contribution in [0.4, 0.5) is 0 Å². The largest absolute Gasteiger partial charge is 0.491 e. The minimum Gasteiger partial charge on any atom is -0.491 e. The molecule has 7 aromatic carbocycles. The number of aromatic nitrogens is 2. The average Bonchev–Trinajstić information content (AvgIpc) is 4.03. The third-order valence-electron chi connectivity index (χ3n) is 15.0. The number of Topliss-reactive ketones (excluding diaryl/α,β-unsaturated/α-hetero) is 1. The zero-order valence-electron chi connectivity index (χ0n) is 41.7. The van der Waals surface area contributed by atoms with Crippen molar-refractivity contribution in [2.45, 2.75) is 83.8 Å². The number of ether oxygens (including phenoxy) is 2. The number of imidazole rings is 1. The highest BCUT2D eigenvalue weighted by atomic mass is 16.5. The molecular weight excluding hydrogens is 885 g/mol. The summed E-state index contributed by atoms with van der Waals surface area (Å²) in [6, 6.07) is 62.9. The van der Waals surface area contributed by atoms with Crippen molar-refractivity contribution in [3.63, 3.8) is 0 Å². The highest BCUT2D eigenvalue weighted by Gasteiger charge is 2.47. The second-order valence-corrected chi connectivity index (χ2v) is 19.9. The van der Waals surface area contributed by atoms with Crippen molar-refractivity contribution < 1.29 is 14.3 Å². The standard InChI is InChI=1S/C65H62N4O3/c1-4-48(49-18-8-5-9-19-49)40-45(3)59(70)43-71-38-39-72-56-36-34-54(35-37-56)61-60(53-30-26-44(2)27-31-53)67-65(68-61)58-42-47-17-14-16-46-28-32-50(24-15-25-51(58)33-29-47)57(41-46)64-66-62(52-20-10-6-11-21-52)63(69(64)65)55-22-12-7-13-23-55/h5-13,18-23,26-37,41-42,45,48H,4,14-17,24-25,38-40,43H2,1-3H3. The molecule has 0 saturated heterocycles. The maximum Gasteiger partial charge on any atom is 0.261 e. The van der Waals surface area contributed by atoms with Crippen LogP contribution in [0.2, 0.25) is 0 Å². The molecule has 7 heteroatoms. The van der Waals surface area contributed by atoms with Crippen LogP contribution in [0.3, 0.4) is 0 Å². The van der Waals surface area contributed by atoms with Crippen molar-refractivity contribution in [3.05, 3.63) is 226 Å². The van der Waals surface area contributed by atoms with Crippen LogP contribution < -0.4 is 4.74 Å². The van der Waals surface area contributed by atoms with Gasteiger partial charge in [0.25, 0.3) is 5.79 Å². The van der Waals surface area contributed by atoms with Gasteiger partial charge in [-0.25, -0.2) is 15.0 Å². The van der Waals surface area contributed by atoms with Gasteiger partial charge in [0, 0.05) is 39.3 Å². The molecule has 3 atom stereocenters. The molecule has 0 amide bonds. The fourth-order valence-corrected chi connectivity index (χ4v) is 11.0. The Hall–Kier alpha value is -7.48. The van der Waals surface area contributed by atoms with Crippen LogP contribution in [0, 0.1) is 12.8 Å². The highest BCUT2D eigenvalue weighted by Crippen LogP contribution is 2.49. The smallest absolute Gasteiger partial charge is 0.261 e. The number of hydrogen-bond donors (Lipinski definition) is 0. The van der Waals surface area contributed by atoms with Gasteiger partial charge in [0.2, 0.25) is 0 Å². The van der Waals surface area contributed by atoms with Gasteiger partial charge in [-0.2, -0.15) is 0 Å². The molecule has 8 aromatic rings. The average molecular weight is 947 g/mol.